The molecule has 7 heteroatoms. The monoisotopic (exact) mass is 509 g/mol. The third-order valence-corrected chi connectivity index (χ3v) is 7.01. The minimum Gasteiger partial charge on any atom is -0.457 e. The molecule has 3 aromatic carbocycles. The lowest BCUT2D eigenvalue weighted by Gasteiger charge is -2.32. The van der Waals surface area contributed by atoms with Crippen molar-refractivity contribution in [3.8, 4) is 17.2 Å². The number of nitrogens with one attached hydrogen (secondary N) is 1. The van der Waals surface area contributed by atoms with Gasteiger partial charge in [-0.2, -0.15) is 0 Å². The van der Waals surface area contributed by atoms with Gasteiger partial charge in [-0.15, -0.1) is 0 Å². The maximum absolute atomic E-state index is 13.4. The van der Waals surface area contributed by atoms with Gasteiger partial charge in [0.2, 0.25) is 0 Å². The fraction of sp³-hybridized carbons (Fsp3) is 0.290. The van der Waals surface area contributed by atoms with Gasteiger partial charge in [0.05, 0.1) is 12.0 Å². The topological polar surface area (TPSA) is 85.4 Å². The SMILES string of the molecule is Cc1cn(-c2cc(CN3CCC[C@H](CN)C3)cc(NC(=O)c3ccc(C)c(Oc4ccccc4)c3)c2)cn1. The van der Waals surface area contributed by atoms with Gasteiger partial charge >= 0.3 is 0 Å². The van der Waals surface area contributed by atoms with Gasteiger partial charge in [-0.3, -0.25) is 9.69 Å². The molecule has 1 aliphatic rings. The fourth-order valence-electron chi connectivity index (χ4n) is 4.96. The number of rotatable bonds is 8. The molecule has 2 heterocycles. The normalized spacial score (nSPS) is 15.8. The van der Waals surface area contributed by atoms with Gasteiger partial charge in [0.25, 0.3) is 5.91 Å². The molecule has 4 aromatic rings. The lowest BCUT2D eigenvalue weighted by molar-refractivity contribution is 0.102. The van der Waals surface area contributed by atoms with Crippen molar-refractivity contribution in [1.82, 2.24) is 14.5 Å². The van der Waals surface area contributed by atoms with Crippen molar-refractivity contribution in [1.29, 1.82) is 0 Å². The van der Waals surface area contributed by atoms with Crippen LogP contribution in [0, 0.1) is 19.8 Å². The molecule has 1 fully saturated rings. The van der Waals surface area contributed by atoms with Crippen LogP contribution >= 0.6 is 0 Å². The van der Waals surface area contributed by atoms with E-state index in [9.17, 15) is 4.79 Å². The van der Waals surface area contributed by atoms with Crippen molar-refractivity contribution < 1.29 is 9.53 Å². The first-order valence-corrected chi connectivity index (χ1v) is 13.2. The number of carbonyl (C=O) groups is 1. The van der Waals surface area contributed by atoms with Gasteiger partial charge in [-0.25, -0.2) is 4.98 Å². The second-order valence-corrected chi connectivity index (χ2v) is 10.1. The van der Waals surface area contributed by atoms with Gasteiger partial charge in [0.15, 0.2) is 0 Å². The average molecular weight is 510 g/mol. The molecule has 0 radical (unpaired) electrons. The zero-order valence-electron chi connectivity index (χ0n) is 22.1. The number of nitrogens with zero attached hydrogens (tertiary/aromatic N) is 3. The molecule has 1 aliphatic heterocycles. The van der Waals surface area contributed by atoms with Crippen LogP contribution < -0.4 is 15.8 Å². The lowest BCUT2D eigenvalue weighted by atomic mass is 9.98. The number of para-hydroxylation sites is 1. The number of ether oxygens (including phenoxy) is 1. The summed E-state index contributed by atoms with van der Waals surface area (Å²) in [6, 6.07) is 21.3. The highest BCUT2D eigenvalue weighted by Crippen LogP contribution is 2.27. The average Bonchev–Trinajstić information content (AvgIpc) is 3.37. The quantitative estimate of drug-likeness (QED) is 0.318. The van der Waals surface area contributed by atoms with Gasteiger partial charge < -0.3 is 20.4 Å². The van der Waals surface area contributed by atoms with Crippen LogP contribution in [-0.2, 0) is 6.54 Å². The Balaban J connectivity index is 1.39. The molecule has 38 heavy (non-hydrogen) atoms. The number of anilines is 1. The number of nitrogens with two attached hydrogens (primary N) is 1. The first-order valence-electron chi connectivity index (χ1n) is 13.2. The minimum absolute atomic E-state index is 0.186. The van der Waals surface area contributed by atoms with Gasteiger partial charge in [-0.05, 0) is 99.3 Å². The molecular weight excluding hydrogens is 474 g/mol. The molecule has 1 amide bonds. The van der Waals surface area contributed by atoms with E-state index >= 15 is 0 Å². The Morgan fingerprint density at radius 2 is 1.95 bits per heavy atom. The van der Waals surface area contributed by atoms with Crippen LogP contribution in [0.25, 0.3) is 5.69 Å². The number of imidazole rings is 1. The molecular formula is C31H35N5O2. The fourth-order valence-corrected chi connectivity index (χ4v) is 4.96. The summed E-state index contributed by atoms with van der Waals surface area (Å²) in [6.07, 6.45) is 6.14. The van der Waals surface area contributed by atoms with Crippen LogP contribution in [-0.4, -0.2) is 40.0 Å². The third kappa shape index (κ3) is 6.30. The molecule has 0 spiro atoms. The van der Waals surface area contributed by atoms with E-state index in [0.717, 1.165) is 66.5 Å². The smallest absolute Gasteiger partial charge is 0.255 e. The number of amides is 1. The number of aryl methyl sites for hydroxylation is 2. The molecule has 3 N–H and O–H groups in total. The Bertz CT molecular complexity index is 1400. The van der Waals surface area contributed by atoms with Crippen LogP contribution in [0.4, 0.5) is 5.69 Å². The molecule has 0 saturated carbocycles. The van der Waals surface area contributed by atoms with Crippen molar-refractivity contribution in [2.75, 3.05) is 25.0 Å². The predicted molar refractivity (Wildman–Crippen MR) is 151 cm³/mol. The molecule has 1 atom stereocenters. The summed E-state index contributed by atoms with van der Waals surface area (Å²) in [5.74, 6) is 1.74. The van der Waals surface area contributed by atoms with Gasteiger partial charge in [-0.1, -0.05) is 24.3 Å². The molecule has 0 bridgehead atoms. The summed E-state index contributed by atoms with van der Waals surface area (Å²) in [6.45, 7) is 7.52. The summed E-state index contributed by atoms with van der Waals surface area (Å²) in [5.41, 5.74) is 11.2. The number of benzene rings is 3. The van der Waals surface area contributed by atoms with Gasteiger partial charge in [0.1, 0.15) is 11.5 Å². The molecule has 0 unspecified atom stereocenters. The highest BCUT2D eigenvalue weighted by atomic mass is 16.5. The zero-order valence-corrected chi connectivity index (χ0v) is 22.1. The van der Waals surface area contributed by atoms with Crippen LogP contribution in [0.3, 0.4) is 0 Å². The van der Waals surface area contributed by atoms with E-state index in [1.54, 1.807) is 12.4 Å². The summed E-state index contributed by atoms with van der Waals surface area (Å²) in [4.78, 5) is 20.2. The zero-order chi connectivity index (χ0) is 26.5. The van der Waals surface area contributed by atoms with Crippen LogP contribution in [0.1, 0.15) is 40.0 Å². The van der Waals surface area contributed by atoms with E-state index in [0.29, 0.717) is 17.2 Å². The highest BCUT2D eigenvalue weighted by Gasteiger charge is 2.19. The number of likely N-dealkylation sites (tertiary alicyclic amines) is 1. The van der Waals surface area contributed by atoms with E-state index in [-0.39, 0.29) is 5.91 Å². The Hall–Kier alpha value is -3.94. The maximum atomic E-state index is 13.4. The standard InChI is InChI=1S/C31H35N5O2/c1-22-10-11-26(15-30(22)38-29-8-4-3-5-9-29)31(37)34-27-13-25(20-35-12-6-7-24(17-32)19-35)14-28(16-27)36-18-23(2)33-21-36/h3-5,8-11,13-16,18,21,24H,6-7,12,17,19-20,32H2,1-2H3,(H,34,37)/t24-/m1/s1. The lowest BCUT2D eigenvalue weighted by Crippen LogP contribution is -2.37. The second-order valence-electron chi connectivity index (χ2n) is 10.1. The summed E-state index contributed by atoms with van der Waals surface area (Å²) < 4.78 is 8.04. The van der Waals surface area contributed by atoms with Gasteiger partial charge in [0, 0.05) is 36.2 Å². The first kappa shape index (κ1) is 25.7. The van der Waals surface area contributed by atoms with E-state index < -0.39 is 0 Å². The predicted octanol–water partition coefficient (Wildman–Crippen LogP) is 5.70. The number of hydrogen-bond acceptors (Lipinski definition) is 5. The van der Waals surface area contributed by atoms with Crippen molar-refractivity contribution in [2.45, 2.75) is 33.2 Å². The van der Waals surface area contributed by atoms with Crippen LogP contribution in [0.15, 0.2) is 79.3 Å². The Labute approximate surface area is 224 Å². The summed E-state index contributed by atoms with van der Waals surface area (Å²) in [5, 5.41) is 3.12. The number of carbonyl (C=O) groups excluding carboxylic acids is 1. The van der Waals surface area contributed by atoms with Crippen molar-refractivity contribution in [3.05, 3.63) is 102 Å². The maximum Gasteiger partial charge on any atom is 0.255 e. The molecule has 196 valence electrons. The second kappa shape index (κ2) is 11.6. The van der Waals surface area contributed by atoms with Crippen molar-refractivity contribution in [3.63, 3.8) is 0 Å². The number of hydrogen-bond donors (Lipinski definition) is 2. The Morgan fingerprint density at radius 3 is 2.71 bits per heavy atom. The molecule has 0 aliphatic carbocycles. The van der Waals surface area contributed by atoms with E-state index in [2.05, 4.69) is 27.3 Å². The number of piperidine rings is 1. The minimum atomic E-state index is -0.186. The van der Waals surface area contributed by atoms with Crippen molar-refractivity contribution >= 4 is 11.6 Å². The first-order chi connectivity index (χ1) is 18.5. The molecule has 5 rings (SSSR count). The Kier molecular flexibility index (Phi) is 7.86. The summed E-state index contributed by atoms with van der Waals surface area (Å²) >= 11 is 0. The molecule has 1 aromatic heterocycles. The van der Waals surface area contributed by atoms with E-state index in [1.807, 2.05) is 73.1 Å². The van der Waals surface area contributed by atoms with Crippen LogP contribution in [0.2, 0.25) is 0 Å². The van der Waals surface area contributed by atoms with E-state index in [1.165, 1.54) is 6.42 Å². The highest BCUT2D eigenvalue weighted by molar-refractivity contribution is 6.04. The summed E-state index contributed by atoms with van der Waals surface area (Å²) in [7, 11) is 0. The number of aromatic nitrogens is 2. The Morgan fingerprint density at radius 1 is 1.11 bits per heavy atom. The third-order valence-electron chi connectivity index (χ3n) is 7.01. The largest absolute Gasteiger partial charge is 0.457 e. The molecule has 7 nitrogen and oxygen atoms in total. The van der Waals surface area contributed by atoms with Crippen LogP contribution in [0.5, 0.6) is 11.5 Å². The van der Waals surface area contributed by atoms with Crippen molar-refractivity contribution in [2.24, 2.45) is 11.7 Å². The van der Waals surface area contributed by atoms with E-state index in [4.69, 9.17) is 10.5 Å². The molecule has 1 saturated heterocycles.